The molecule has 0 heterocycles. The van der Waals surface area contributed by atoms with Gasteiger partial charge in [-0.1, -0.05) is 36.8 Å². The number of aryl methyl sites for hydroxylation is 1. The van der Waals surface area contributed by atoms with Crippen molar-refractivity contribution in [1.29, 1.82) is 0 Å². The molecule has 0 aliphatic rings. The molecule has 1 aromatic carbocycles. The lowest BCUT2D eigenvalue weighted by atomic mass is 10.0. The van der Waals surface area contributed by atoms with Crippen molar-refractivity contribution in [3.8, 4) is 0 Å². The lowest BCUT2D eigenvalue weighted by molar-refractivity contribution is -0.131. The number of likely N-dealkylation sites (N-methyl/N-ethyl adjacent to an activating group) is 1. The largest absolute Gasteiger partial charge is 0.344 e. The maximum Gasteiger partial charge on any atom is 0.243 e. The van der Waals surface area contributed by atoms with Gasteiger partial charge in [0.05, 0.1) is 0 Å². The number of hydrogen-bond donors (Lipinski definition) is 1. The molecule has 2 N–H and O–H groups in total. The summed E-state index contributed by atoms with van der Waals surface area (Å²) in [5.41, 5.74) is 7.97. The van der Waals surface area contributed by atoms with Gasteiger partial charge >= 0.3 is 0 Å². The average molecular weight is 257 g/mol. The Morgan fingerprint density at radius 3 is 2.35 bits per heavy atom. The van der Waals surface area contributed by atoms with Gasteiger partial charge in [-0.2, -0.15) is 0 Å². The average Bonchev–Trinajstić information content (AvgIpc) is 2.28. The third-order valence-electron chi connectivity index (χ3n) is 2.64. The number of nitrogens with zero attached hydrogens (tertiary/aromatic N) is 1. The van der Waals surface area contributed by atoms with E-state index in [2.05, 4.69) is 0 Å². The van der Waals surface area contributed by atoms with Crippen LogP contribution in [0.3, 0.4) is 0 Å². The lowest BCUT2D eigenvalue weighted by Crippen LogP contribution is -2.36. The molecule has 1 amide bonds. The summed E-state index contributed by atoms with van der Waals surface area (Å²) in [5.74, 6) is -0.0225. The zero-order valence-electron chi connectivity index (χ0n) is 10.6. The molecule has 0 bridgehead atoms. The zero-order valence-corrected chi connectivity index (χ0v) is 11.5. The Hall–Kier alpha value is -1.06. The van der Waals surface area contributed by atoms with E-state index in [-0.39, 0.29) is 18.3 Å². The summed E-state index contributed by atoms with van der Waals surface area (Å²) in [4.78, 5) is 13.6. The molecule has 4 heteroatoms. The molecule has 0 saturated carbocycles. The number of carbonyl (C=O) groups is 1. The maximum absolute atomic E-state index is 11.9. The van der Waals surface area contributed by atoms with E-state index in [4.69, 9.17) is 5.73 Å². The van der Waals surface area contributed by atoms with Crippen molar-refractivity contribution in [2.24, 2.45) is 5.73 Å². The quantitative estimate of drug-likeness (QED) is 0.899. The highest BCUT2D eigenvalue weighted by atomic mass is 35.5. The SMILES string of the molecule is CCCN(C)C(=O)C(N)c1ccc(C)cc1.Cl. The van der Waals surface area contributed by atoms with Gasteiger partial charge in [-0.3, -0.25) is 4.79 Å². The summed E-state index contributed by atoms with van der Waals surface area (Å²) in [7, 11) is 1.79. The first-order valence-corrected chi connectivity index (χ1v) is 5.63. The van der Waals surface area contributed by atoms with Crippen LogP contribution in [0.15, 0.2) is 24.3 Å². The molecule has 0 aromatic heterocycles. The first kappa shape index (κ1) is 15.9. The molecule has 1 atom stereocenters. The normalized spacial score (nSPS) is 11.5. The smallest absolute Gasteiger partial charge is 0.243 e. The Bertz CT molecular complexity index is 351. The molecule has 1 aromatic rings. The molecule has 0 aliphatic heterocycles. The molecule has 0 saturated heterocycles. The van der Waals surface area contributed by atoms with Crippen LogP contribution < -0.4 is 5.73 Å². The Balaban J connectivity index is 0.00000256. The van der Waals surface area contributed by atoms with Crippen LogP contribution >= 0.6 is 12.4 Å². The van der Waals surface area contributed by atoms with Gasteiger partial charge in [0, 0.05) is 13.6 Å². The van der Waals surface area contributed by atoms with Crippen molar-refractivity contribution in [3.63, 3.8) is 0 Å². The van der Waals surface area contributed by atoms with Gasteiger partial charge < -0.3 is 10.6 Å². The fourth-order valence-electron chi connectivity index (χ4n) is 1.60. The highest BCUT2D eigenvalue weighted by Crippen LogP contribution is 2.13. The van der Waals surface area contributed by atoms with Crippen molar-refractivity contribution in [1.82, 2.24) is 4.90 Å². The topological polar surface area (TPSA) is 46.3 Å². The molecular formula is C13H21ClN2O. The minimum absolute atomic E-state index is 0. The fraction of sp³-hybridized carbons (Fsp3) is 0.462. The van der Waals surface area contributed by atoms with Crippen molar-refractivity contribution in [3.05, 3.63) is 35.4 Å². The van der Waals surface area contributed by atoms with Crippen molar-refractivity contribution in [2.75, 3.05) is 13.6 Å². The monoisotopic (exact) mass is 256 g/mol. The van der Waals surface area contributed by atoms with E-state index in [0.717, 1.165) is 18.5 Å². The second-order valence-electron chi connectivity index (χ2n) is 4.15. The predicted molar refractivity (Wildman–Crippen MR) is 73.3 cm³/mol. The summed E-state index contributed by atoms with van der Waals surface area (Å²) in [6, 6.07) is 7.23. The molecular weight excluding hydrogens is 236 g/mol. The van der Waals surface area contributed by atoms with Gasteiger partial charge in [0.1, 0.15) is 6.04 Å². The van der Waals surface area contributed by atoms with E-state index in [1.54, 1.807) is 11.9 Å². The highest BCUT2D eigenvalue weighted by molar-refractivity contribution is 5.85. The minimum Gasteiger partial charge on any atom is -0.344 e. The second-order valence-corrected chi connectivity index (χ2v) is 4.15. The molecule has 0 radical (unpaired) electrons. The van der Waals surface area contributed by atoms with Crippen LogP contribution in [-0.4, -0.2) is 24.4 Å². The van der Waals surface area contributed by atoms with E-state index < -0.39 is 6.04 Å². The summed E-state index contributed by atoms with van der Waals surface area (Å²) >= 11 is 0. The number of amides is 1. The summed E-state index contributed by atoms with van der Waals surface area (Å²) in [6.07, 6.45) is 0.947. The standard InChI is InChI=1S/C13H20N2O.ClH/c1-4-9-15(3)13(16)12(14)11-7-5-10(2)6-8-11;/h5-8,12H,4,9,14H2,1-3H3;1H. The number of rotatable bonds is 4. The molecule has 96 valence electrons. The second kappa shape index (κ2) is 7.30. The van der Waals surface area contributed by atoms with Gasteiger partial charge in [-0.15, -0.1) is 12.4 Å². The van der Waals surface area contributed by atoms with Crippen molar-refractivity contribution >= 4 is 18.3 Å². The Morgan fingerprint density at radius 2 is 1.88 bits per heavy atom. The van der Waals surface area contributed by atoms with Crippen LogP contribution in [0.2, 0.25) is 0 Å². The molecule has 0 aliphatic carbocycles. The first-order chi connectivity index (χ1) is 7.56. The molecule has 1 unspecified atom stereocenters. The number of hydrogen-bond acceptors (Lipinski definition) is 2. The van der Waals surface area contributed by atoms with E-state index in [0.29, 0.717) is 0 Å². The van der Waals surface area contributed by atoms with Crippen molar-refractivity contribution < 1.29 is 4.79 Å². The Morgan fingerprint density at radius 1 is 1.35 bits per heavy atom. The summed E-state index contributed by atoms with van der Waals surface area (Å²) in [5, 5.41) is 0. The summed E-state index contributed by atoms with van der Waals surface area (Å²) < 4.78 is 0. The number of benzene rings is 1. The zero-order chi connectivity index (χ0) is 12.1. The van der Waals surface area contributed by atoms with E-state index >= 15 is 0 Å². The van der Waals surface area contributed by atoms with Crippen LogP contribution in [0.5, 0.6) is 0 Å². The van der Waals surface area contributed by atoms with E-state index in [1.807, 2.05) is 38.1 Å². The summed E-state index contributed by atoms with van der Waals surface area (Å²) in [6.45, 7) is 4.81. The molecule has 3 nitrogen and oxygen atoms in total. The Labute approximate surface area is 109 Å². The molecule has 0 spiro atoms. The van der Waals surface area contributed by atoms with Crippen LogP contribution in [0.25, 0.3) is 0 Å². The number of carbonyl (C=O) groups excluding carboxylic acids is 1. The third-order valence-corrected chi connectivity index (χ3v) is 2.64. The van der Waals surface area contributed by atoms with Crippen LogP contribution in [0.1, 0.15) is 30.5 Å². The minimum atomic E-state index is -0.544. The van der Waals surface area contributed by atoms with E-state index in [9.17, 15) is 4.79 Å². The maximum atomic E-state index is 11.9. The van der Waals surface area contributed by atoms with Gasteiger partial charge in [-0.25, -0.2) is 0 Å². The van der Waals surface area contributed by atoms with Gasteiger partial charge in [-0.05, 0) is 18.9 Å². The van der Waals surface area contributed by atoms with Crippen molar-refractivity contribution in [2.45, 2.75) is 26.3 Å². The molecule has 0 fully saturated rings. The highest BCUT2D eigenvalue weighted by Gasteiger charge is 2.18. The predicted octanol–water partition coefficient (Wildman–Crippen LogP) is 2.29. The Kier molecular flexibility index (Phi) is 6.85. The molecule has 1 rings (SSSR count). The van der Waals surface area contributed by atoms with Crippen LogP contribution in [0.4, 0.5) is 0 Å². The van der Waals surface area contributed by atoms with Gasteiger partial charge in [0.2, 0.25) is 5.91 Å². The van der Waals surface area contributed by atoms with Crippen LogP contribution in [0, 0.1) is 6.92 Å². The van der Waals surface area contributed by atoms with Crippen LogP contribution in [-0.2, 0) is 4.79 Å². The van der Waals surface area contributed by atoms with Gasteiger partial charge in [0.25, 0.3) is 0 Å². The molecule has 17 heavy (non-hydrogen) atoms. The lowest BCUT2D eigenvalue weighted by Gasteiger charge is -2.20. The fourth-order valence-corrected chi connectivity index (χ4v) is 1.60. The number of halogens is 1. The van der Waals surface area contributed by atoms with Gasteiger partial charge in [0.15, 0.2) is 0 Å². The third kappa shape index (κ3) is 4.36. The first-order valence-electron chi connectivity index (χ1n) is 5.63. The van der Waals surface area contributed by atoms with E-state index in [1.165, 1.54) is 5.56 Å². The number of nitrogens with two attached hydrogens (primary N) is 1.